The van der Waals surface area contributed by atoms with Gasteiger partial charge in [0, 0.05) is 12.5 Å². The molecule has 1 aliphatic carbocycles. The summed E-state index contributed by atoms with van der Waals surface area (Å²) in [5, 5.41) is 0. The summed E-state index contributed by atoms with van der Waals surface area (Å²) in [7, 11) is 0. The lowest BCUT2D eigenvalue weighted by molar-refractivity contribution is -0.126. The van der Waals surface area contributed by atoms with Crippen LogP contribution < -0.4 is 0 Å². The van der Waals surface area contributed by atoms with E-state index in [0.717, 1.165) is 19.4 Å². The van der Waals surface area contributed by atoms with Crippen LogP contribution in [0, 0.1) is 11.8 Å². The van der Waals surface area contributed by atoms with Gasteiger partial charge in [0.1, 0.15) is 0 Å². The van der Waals surface area contributed by atoms with E-state index in [1.807, 2.05) is 12.1 Å². The quantitative estimate of drug-likeness (QED) is 0.725. The number of rotatable bonds is 0. The van der Waals surface area contributed by atoms with E-state index in [9.17, 15) is 4.79 Å². The van der Waals surface area contributed by atoms with Crippen molar-refractivity contribution in [1.29, 1.82) is 0 Å². The van der Waals surface area contributed by atoms with Gasteiger partial charge in [-0.05, 0) is 36.1 Å². The van der Waals surface area contributed by atoms with E-state index < -0.39 is 0 Å². The number of ketones is 1. The molecule has 3 heteroatoms. The summed E-state index contributed by atoms with van der Waals surface area (Å²) in [5.74, 6) is 0.304. The number of hydrogen-bond acceptors (Lipinski definition) is 3. The zero-order valence-electron chi connectivity index (χ0n) is 11.1. The van der Waals surface area contributed by atoms with Gasteiger partial charge in [0.25, 0.3) is 0 Å². The van der Waals surface area contributed by atoms with Crippen LogP contribution in [0.15, 0.2) is 36.4 Å². The van der Waals surface area contributed by atoms with Gasteiger partial charge in [-0.1, -0.05) is 24.3 Å². The second kappa shape index (κ2) is 3.60. The third-order valence-corrected chi connectivity index (χ3v) is 5.45. The van der Waals surface area contributed by atoms with Gasteiger partial charge in [-0.25, -0.2) is 0 Å². The Kier molecular flexibility index (Phi) is 2.02. The Morgan fingerprint density at radius 1 is 1.15 bits per heavy atom. The Labute approximate surface area is 117 Å². The van der Waals surface area contributed by atoms with Crippen LogP contribution in [0.5, 0.6) is 0 Å². The number of carbonyl (C=O) groups is 1. The first-order valence-corrected chi connectivity index (χ1v) is 7.41. The Morgan fingerprint density at radius 3 is 2.70 bits per heavy atom. The van der Waals surface area contributed by atoms with Gasteiger partial charge >= 0.3 is 0 Å². The SMILES string of the molecule is O=C1C=C[C@]2(CCCO2)[C@H]2[C@@H]1[C@H]1O[C@H]2c2ccccc21. The molecule has 1 aromatic carbocycles. The van der Waals surface area contributed by atoms with Gasteiger partial charge in [-0.15, -0.1) is 0 Å². The first-order chi connectivity index (χ1) is 9.80. The van der Waals surface area contributed by atoms with Gasteiger partial charge in [0.2, 0.25) is 0 Å². The molecule has 5 atom stereocenters. The number of carbonyl (C=O) groups excluding carboxylic acids is 1. The summed E-state index contributed by atoms with van der Waals surface area (Å²) in [4.78, 5) is 12.4. The minimum atomic E-state index is -0.272. The average molecular weight is 268 g/mol. The fourth-order valence-corrected chi connectivity index (χ4v) is 4.68. The van der Waals surface area contributed by atoms with Gasteiger partial charge in [0.05, 0.1) is 23.7 Å². The molecule has 20 heavy (non-hydrogen) atoms. The lowest BCUT2D eigenvalue weighted by Crippen LogP contribution is -2.47. The summed E-state index contributed by atoms with van der Waals surface area (Å²) >= 11 is 0. The maximum Gasteiger partial charge on any atom is 0.162 e. The molecule has 0 amide bonds. The van der Waals surface area contributed by atoms with Gasteiger partial charge < -0.3 is 9.47 Å². The zero-order valence-corrected chi connectivity index (χ0v) is 11.1. The minimum Gasteiger partial charge on any atom is -0.370 e. The molecule has 1 spiro atoms. The minimum absolute atomic E-state index is 0.0215. The molecular formula is C17H16O3. The van der Waals surface area contributed by atoms with Crippen molar-refractivity contribution >= 4 is 5.78 Å². The molecular weight excluding hydrogens is 252 g/mol. The van der Waals surface area contributed by atoms with Crippen LogP contribution in [-0.4, -0.2) is 18.0 Å². The molecule has 0 N–H and O–H groups in total. The smallest absolute Gasteiger partial charge is 0.162 e. The lowest BCUT2D eigenvalue weighted by atomic mass is 9.63. The highest BCUT2D eigenvalue weighted by atomic mass is 16.5. The van der Waals surface area contributed by atoms with Crippen molar-refractivity contribution < 1.29 is 14.3 Å². The first kappa shape index (κ1) is 11.2. The third kappa shape index (κ3) is 1.17. The first-order valence-electron chi connectivity index (χ1n) is 7.41. The molecule has 0 radical (unpaired) electrons. The number of ether oxygens (including phenoxy) is 2. The van der Waals surface area contributed by atoms with Crippen molar-refractivity contribution in [3.05, 3.63) is 47.5 Å². The van der Waals surface area contributed by atoms with Gasteiger partial charge in [-0.2, -0.15) is 0 Å². The Hall–Kier alpha value is -1.45. The highest BCUT2D eigenvalue weighted by Crippen LogP contribution is 2.63. The average Bonchev–Trinajstić information content (AvgIpc) is 3.18. The Balaban J connectivity index is 1.70. The molecule has 5 rings (SSSR count). The van der Waals surface area contributed by atoms with Crippen LogP contribution in [0.25, 0.3) is 0 Å². The van der Waals surface area contributed by atoms with Crippen molar-refractivity contribution in [2.75, 3.05) is 6.61 Å². The number of hydrogen-bond donors (Lipinski definition) is 0. The van der Waals surface area contributed by atoms with Gasteiger partial charge in [0.15, 0.2) is 5.78 Å². The molecule has 102 valence electrons. The zero-order chi connectivity index (χ0) is 13.3. The summed E-state index contributed by atoms with van der Waals surface area (Å²) in [5.41, 5.74) is 2.19. The molecule has 2 bridgehead atoms. The number of benzene rings is 1. The van der Waals surface area contributed by atoms with E-state index in [-0.39, 0.29) is 35.4 Å². The highest BCUT2D eigenvalue weighted by Gasteiger charge is 2.63. The van der Waals surface area contributed by atoms with Crippen LogP contribution in [0.1, 0.15) is 36.2 Å². The molecule has 2 saturated heterocycles. The van der Waals surface area contributed by atoms with Crippen LogP contribution >= 0.6 is 0 Å². The van der Waals surface area contributed by atoms with E-state index >= 15 is 0 Å². The van der Waals surface area contributed by atoms with Crippen molar-refractivity contribution in [2.45, 2.75) is 30.7 Å². The molecule has 3 nitrogen and oxygen atoms in total. The predicted octanol–water partition coefficient (Wildman–Crippen LogP) is 2.73. The second-order valence-corrected chi connectivity index (χ2v) is 6.30. The van der Waals surface area contributed by atoms with Crippen LogP contribution in [0.2, 0.25) is 0 Å². The molecule has 3 heterocycles. The van der Waals surface area contributed by atoms with Crippen molar-refractivity contribution in [2.24, 2.45) is 11.8 Å². The Morgan fingerprint density at radius 2 is 1.95 bits per heavy atom. The predicted molar refractivity (Wildman–Crippen MR) is 72.1 cm³/mol. The largest absolute Gasteiger partial charge is 0.370 e. The van der Waals surface area contributed by atoms with E-state index in [4.69, 9.17) is 9.47 Å². The van der Waals surface area contributed by atoms with Crippen molar-refractivity contribution in [1.82, 2.24) is 0 Å². The highest BCUT2D eigenvalue weighted by molar-refractivity contribution is 5.94. The molecule has 3 aliphatic heterocycles. The van der Waals surface area contributed by atoms with Gasteiger partial charge in [-0.3, -0.25) is 4.79 Å². The molecule has 0 saturated carbocycles. The van der Waals surface area contributed by atoms with E-state index in [1.165, 1.54) is 11.1 Å². The molecule has 4 aliphatic rings. The van der Waals surface area contributed by atoms with Crippen LogP contribution in [0.3, 0.4) is 0 Å². The van der Waals surface area contributed by atoms with Crippen molar-refractivity contribution in [3.63, 3.8) is 0 Å². The fraction of sp³-hybridized carbons (Fsp3) is 0.471. The van der Waals surface area contributed by atoms with E-state index in [1.54, 1.807) is 6.08 Å². The lowest BCUT2D eigenvalue weighted by Gasteiger charge is -2.42. The molecule has 0 unspecified atom stereocenters. The monoisotopic (exact) mass is 268 g/mol. The number of fused-ring (bicyclic) bond motifs is 9. The summed E-state index contributed by atoms with van der Waals surface area (Å²) < 4.78 is 12.3. The van der Waals surface area contributed by atoms with Crippen LogP contribution in [-0.2, 0) is 14.3 Å². The third-order valence-electron chi connectivity index (χ3n) is 5.45. The topological polar surface area (TPSA) is 35.5 Å². The normalized spacial score (nSPS) is 44.1. The second-order valence-electron chi connectivity index (χ2n) is 6.30. The van der Waals surface area contributed by atoms with E-state index in [2.05, 4.69) is 18.2 Å². The maximum atomic E-state index is 12.4. The van der Waals surface area contributed by atoms with Crippen molar-refractivity contribution in [3.8, 4) is 0 Å². The fourth-order valence-electron chi connectivity index (χ4n) is 4.68. The Bertz CT molecular complexity index is 627. The molecule has 2 fully saturated rings. The van der Waals surface area contributed by atoms with E-state index in [0.29, 0.717) is 0 Å². The summed E-state index contributed by atoms with van der Waals surface area (Å²) in [6, 6.07) is 8.33. The molecule has 1 aromatic rings. The maximum absolute atomic E-state index is 12.4. The number of allylic oxidation sites excluding steroid dienone is 1. The van der Waals surface area contributed by atoms with Crippen LogP contribution in [0.4, 0.5) is 0 Å². The molecule has 0 aromatic heterocycles. The summed E-state index contributed by atoms with van der Waals surface area (Å²) in [6.07, 6.45) is 5.77. The standard InChI is InChI=1S/C17H16O3/c18-12-6-8-17(7-3-9-19-17)14-13(12)15-10-4-1-2-5-11(10)16(14)20-15/h1-2,4-6,8,13-16H,3,7,9H2/t13-,14+,15+,16+,17-/m1/s1. The summed E-state index contributed by atoms with van der Waals surface area (Å²) in [6.45, 7) is 0.792.